The number of benzene rings is 1. The number of carbonyl (C=O) groups is 2. The molecule has 2 rings (SSSR count). The number of ether oxygens (including phenoxy) is 1. The third-order valence-electron chi connectivity index (χ3n) is 4.48. The Balaban J connectivity index is 1.84. The van der Waals surface area contributed by atoms with Gasteiger partial charge >= 0.3 is 0 Å². The summed E-state index contributed by atoms with van der Waals surface area (Å²) in [5.74, 6) is 1.21. The van der Waals surface area contributed by atoms with Gasteiger partial charge < -0.3 is 20.3 Å². The molecule has 6 heteroatoms. The lowest BCUT2D eigenvalue weighted by atomic mass is 10.0. The van der Waals surface area contributed by atoms with Gasteiger partial charge in [0, 0.05) is 26.2 Å². The van der Waals surface area contributed by atoms with Crippen molar-refractivity contribution in [1.29, 1.82) is 0 Å². The Hall–Kier alpha value is -2.08. The highest BCUT2D eigenvalue weighted by molar-refractivity contribution is 5.82. The van der Waals surface area contributed by atoms with Crippen LogP contribution in [0.4, 0.5) is 0 Å². The molecule has 2 N–H and O–H groups in total. The van der Waals surface area contributed by atoms with E-state index in [1.165, 1.54) is 0 Å². The fraction of sp³-hybridized carbons (Fsp3) is 0.579. The van der Waals surface area contributed by atoms with Crippen molar-refractivity contribution in [2.45, 2.75) is 32.7 Å². The second-order valence-electron chi connectivity index (χ2n) is 6.97. The monoisotopic (exact) mass is 347 g/mol. The van der Waals surface area contributed by atoms with Crippen LogP contribution in [0.5, 0.6) is 5.75 Å². The fourth-order valence-electron chi connectivity index (χ4n) is 3.09. The van der Waals surface area contributed by atoms with Crippen molar-refractivity contribution < 1.29 is 14.3 Å². The molecule has 1 saturated heterocycles. The third-order valence-corrected chi connectivity index (χ3v) is 4.48. The molecule has 0 aliphatic carbocycles. The maximum atomic E-state index is 12.5. The van der Waals surface area contributed by atoms with Gasteiger partial charge in [-0.3, -0.25) is 9.59 Å². The minimum absolute atomic E-state index is 0.00593. The van der Waals surface area contributed by atoms with E-state index in [9.17, 15) is 9.59 Å². The Kier molecular flexibility index (Phi) is 6.82. The van der Waals surface area contributed by atoms with Gasteiger partial charge in [-0.1, -0.05) is 26.0 Å². The second-order valence-corrected chi connectivity index (χ2v) is 6.97. The van der Waals surface area contributed by atoms with Crippen LogP contribution >= 0.6 is 0 Å². The standard InChI is InChI=1S/C19H29N3O3/c1-14(2)11-17(20)19(24)22-9-7-21(8-10-22)18(23)13-15-5-4-6-16(12-15)25-3/h4-6,12,14,17H,7-11,13,20H2,1-3H3/t17-/m0/s1. The highest BCUT2D eigenvalue weighted by atomic mass is 16.5. The van der Waals surface area contributed by atoms with Gasteiger partial charge in [0.2, 0.25) is 11.8 Å². The van der Waals surface area contributed by atoms with E-state index in [0.717, 1.165) is 11.3 Å². The average Bonchev–Trinajstić information content (AvgIpc) is 2.60. The van der Waals surface area contributed by atoms with E-state index >= 15 is 0 Å². The van der Waals surface area contributed by atoms with E-state index in [4.69, 9.17) is 10.5 Å². The van der Waals surface area contributed by atoms with Gasteiger partial charge in [-0.05, 0) is 30.0 Å². The Morgan fingerprint density at radius 1 is 1.16 bits per heavy atom. The van der Waals surface area contributed by atoms with Crippen molar-refractivity contribution in [2.24, 2.45) is 11.7 Å². The first kappa shape index (κ1) is 19.2. The number of nitrogens with zero attached hydrogens (tertiary/aromatic N) is 2. The summed E-state index contributed by atoms with van der Waals surface area (Å²) < 4.78 is 5.19. The van der Waals surface area contributed by atoms with Crippen LogP contribution in [0.1, 0.15) is 25.8 Å². The van der Waals surface area contributed by atoms with Crippen LogP contribution in [-0.4, -0.2) is 60.9 Å². The van der Waals surface area contributed by atoms with Crippen molar-refractivity contribution in [1.82, 2.24) is 9.80 Å². The molecule has 0 unspecified atom stereocenters. The quantitative estimate of drug-likeness (QED) is 0.841. The van der Waals surface area contributed by atoms with E-state index in [2.05, 4.69) is 13.8 Å². The van der Waals surface area contributed by atoms with Crippen LogP contribution in [0.2, 0.25) is 0 Å². The minimum atomic E-state index is -0.445. The molecule has 1 fully saturated rings. The smallest absolute Gasteiger partial charge is 0.239 e. The predicted molar refractivity (Wildman–Crippen MR) is 97.3 cm³/mol. The normalized spacial score (nSPS) is 16.0. The molecule has 0 aromatic heterocycles. The number of hydrogen-bond donors (Lipinski definition) is 1. The second kappa shape index (κ2) is 8.85. The van der Waals surface area contributed by atoms with Crippen molar-refractivity contribution in [3.63, 3.8) is 0 Å². The van der Waals surface area contributed by atoms with Crippen LogP contribution in [0.25, 0.3) is 0 Å². The molecule has 0 spiro atoms. The van der Waals surface area contributed by atoms with Crippen LogP contribution in [0, 0.1) is 5.92 Å². The third kappa shape index (κ3) is 5.46. The van der Waals surface area contributed by atoms with E-state index in [-0.39, 0.29) is 11.8 Å². The highest BCUT2D eigenvalue weighted by Crippen LogP contribution is 2.15. The summed E-state index contributed by atoms with van der Waals surface area (Å²) in [6.45, 7) is 6.33. The molecule has 0 radical (unpaired) electrons. The number of carbonyl (C=O) groups excluding carboxylic acids is 2. The lowest BCUT2D eigenvalue weighted by Crippen LogP contribution is -2.54. The molecule has 1 aromatic rings. The van der Waals surface area contributed by atoms with E-state index in [1.54, 1.807) is 12.0 Å². The summed E-state index contributed by atoms with van der Waals surface area (Å²) in [7, 11) is 1.61. The maximum absolute atomic E-state index is 12.5. The zero-order chi connectivity index (χ0) is 18.4. The van der Waals surface area contributed by atoms with E-state index < -0.39 is 6.04 Å². The van der Waals surface area contributed by atoms with Crippen molar-refractivity contribution in [3.05, 3.63) is 29.8 Å². The van der Waals surface area contributed by atoms with E-state index in [1.807, 2.05) is 29.2 Å². The zero-order valence-electron chi connectivity index (χ0n) is 15.4. The Morgan fingerprint density at radius 3 is 2.40 bits per heavy atom. The molecule has 1 atom stereocenters. The van der Waals surface area contributed by atoms with Gasteiger partial charge in [0.25, 0.3) is 0 Å². The predicted octanol–water partition coefficient (Wildman–Crippen LogP) is 1.28. The molecule has 25 heavy (non-hydrogen) atoms. The SMILES string of the molecule is COc1cccc(CC(=O)N2CCN(C(=O)[C@@H](N)CC(C)C)CC2)c1. The van der Waals surface area contributed by atoms with Crippen LogP contribution in [-0.2, 0) is 16.0 Å². The number of nitrogens with two attached hydrogens (primary N) is 1. The Bertz CT molecular complexity index is 595. The topological polar surface area (TPSA) is 75.9 Å². The molecular weight excluding hydrogens is 318 g/mol. The molecule has 1 aliphatic heterocycles. The Labute approximate surface area is 149 Å². The van der Waals surface area contributed by atoms with Crippen molar-refractivity contribution >= 4 is 11.8 Å². The van der Waals surface area contributed by atoms with Crippen LogP contribution < -0.4 is 10.5 Å². The molecule has 0 saturated carbocycles. The van der Waals surface area contributed by atoms with Crippen molar-refractivity contribution in [2.75, 3.05) is 33.3 Å². The summed E-state index contributed by atoms with van der Waals surface area (Å²) in [5.41, 5.74) is 6.92. The molecule has 1 aliphatic rings. The molecular formula is C19H29N3O3. The summed E-state index contributed by atoms with van der Waals surface area (Å²) in [5, 5.41) is 0. The number of rotatable bonds is 6. The average molecular weight is 347 g/mol. The number of hydrogen-bond acceptors (Lipinski definition) is 4. The molecule has 2 amide bonds. The van der Waals surface area contributed by atoms with Gasteiger partial charge in [-0.25, -0.2) is 0 Å². The Morgan fingerprint density at radius 2 is 1.80 bits per heavy atom. The minimum Gasteiger partial charge on any atom is -0.497 e. The molecule has 0 bridgehead atoms. The number of methoxy groups -OCH3 is 1. The fourth-order valence-corrected chi connectivity index (χ4v) is 3.09. The molecule has 1 aromatic carbocycles. The van der Waals surface area contributed by atoms with Crippen LogP contribution in [0.3, 0.4) is 0 Å². The largest absolute Gasteiger partial charge is 0.497 e. The van der Waals surface area contributed by atoms with Crippen LogP contribution in [0.15, 0.2) is 24.3 Å². The van der Waals surface area contributed by atoms with Crippen molar-refractivity contribution in [3.8, 4) is 5.75 Å². The highest BCUT2D eigenvalue weighted by Gasteiger charge is 2.27. The first-order valence-electron chi connectivity index (χ1n) is 8.85. The summed E-state index contributed by atoms with van der Waals surface area (Å²) >= 11 is 0. The van der Waals surface area contributed by atoms with E-state index in [0.29, 0.717) is 44.9 Å². The number of amides is 2. The lowest BCUT2D eigenvalue weighted by molar-refractivity contribution is -0.140. The molecule has 6 nitrogen and oxygen atoms in total. The van der Waals surface area contributed by atoms with Gasteiger partial charge in [-0.2, -0.15) is 0 Å². The molecule has 138 valence electrons. The molecule has 1 heterocycles. The van der Waals surface area contributed by atoms with Gasteiger partial charge in [0.1, 0.15) is 5.75 Å². The summed E-state index contributed by atoms with van der Waals surface area (Å²) in [6, 6.07) is 7.10. The lowest BCUT2D eigenvalue weighted by Gasteiger charge is -2.36. The first-order valence-corrected chi connectivity index (χ1v) is 8.85. The maximum Gasteiger partial charge on any atom is 0.239 e. The first-order chi connectivity index (χ1) is 11.9. The van der Waals surface area contributed by atoms with Gasteiger partial charge in [-0.15, -0.1) is 0 Å². The summed E-state index contributed by atoms with van der Waals surface area (Å²) in [6.07, 6.45) is 1.03. The van der Waals surface area contributed by atoms with Gasteiger partial charge in [0.15, 0.2) is 0 Å². The number of piperazine rings is 1. The van der Waals surface area contributed by atoms with Gasteiger partial charge in [0.05, 0.1) is 19.6 Å². The zero-order valence-corrected chi connectivity index (χ0v) is 15.4. The summed E-state index contributed by atoms with van der Waals surface area (Å²) in [4.78, 5) is 28.4.